The molecule has 0 bridgehead atoms. The quantitative estimate of drug-likeness (QED) is 0.655. The molecule has 2 N–H and O–H groups in total. The molecule has 2 aromatic carbocycles. The van der Waals surface area contributed by atoms with Gasteiger partial charge in [-0.3, -0.25) is 14.9 Å². The number of hydrogen-bond acceptors (Lipinski definition) is 4. The lowest BCUT2D eigenvalue weighted by atomic mass is 9.92. The van der Waals surface area contributed by atoms with E-state index in [1.807, 2.05) is 6.07 Å². The zero-order valence-corrected chi connectivity index (χ0v) is 12.9. The highest BCUT2D eigenvalue weighted by atomic mass is 16.6. The lowest BCUT2D eigenvalue weighted by Crippen LogP contribution is -2.28. The summed E-state index contributed by atoms with van der Waals surface area (Å²) >= 11 is 0. The van der Waals surface area contributed by atoms with Crippen molar-refractivity contribution in [2.75, 3.05) is 5.32 Å². The van der Waals surface area contributed by atoms with Gasteiger partial charge in [-0.25, -0.2) is 0 Å². The number of anilines is 1. The first-order chi connectivity index (χ1) is 10.8. The Hall–Kier alpha value is -2.73. The lowest BCUT2D eigenvalue weighted by Gasteiger charge is -2.23. The molecular formula is C17H18N2O4. The van der Waals surface area contributed by atoms with E-state index < -0.39 is 16.4 Å². The Kier molecular flexibility index (Phi) is 4.76. The Morgan fingerprint density at radius 1 is 1.22 bits per heavy atom. The standard InChI is InChI=1S/C17H18N2O4/c1-12-14(9-6-10-15(12)19(22)23)18-16(20)11-17(2,21)13-7-4-3-5-8-13/h3-10,21H,11H2,1-2H3,(H,18,20). The molecule has 6 heteroatoms. The Bertz CT molecular complexity index is 727. The van der Waals surface area contributed by atoms with Crippen LogP contribution >= 0.6 is 0 Å². The van der Waals surface area contributed by atoms with Gasteiger partial charge in [0.15, 0.2) is 0 Å². The van der Waals surface area contributed by atoms with E-state index in [0.29, 0.717) is 16.8 Å². The van der Waals surface area contributed by atoms with Crippen LogP contribution in [0.5, 0.6) is 0 Å². The number of hydrogen-bond donors (Lipinski definition) is 2. The van der Waals surface area contributed by atoms with Gasteiger partial charge in [0.2, 0.25) is 5.91 Å². The molecule has 0 radical (unpaired) electrons. The number of nitro benzene ring substituents is 1. The van der Waals surface area contributed by atoms with Gasteiger partial charge in [-0.1, -0.05) is 36.4 Å². The van der Waals surface area contributed by atoms with Crippen LogP contribution in [-0.2, 0) is 10.4 Å². The maximum Gasteiger partial charge on any atom is 0.274 e. The molecule has 6 nitrogen and oxygen atoms in total. The third-order valence-corrected chi connectivity index (χ3v) is 3.68. The van der Waals surface area contributed by atoms with Gasteiger partial charge in [-0.05, 0) is 25.5 Å². The minimum Gasteiger partial charge on any atom is -0.385 e. The third kappa shape index (κ3) is 3.92. The molecule has 0 saturated carbocycles. The summed E-state index contributed by atoms with van der Waals surface area (Å²) in [6.07, 6.45) is -0.154. The van der Waals surface area contributed by atoms with E-state index in [9.17, 15) is 20.0 Å². The van der Waals surface area contributed by atoms with Crippen molar-refractivity contribution in [3.63, 3.8) is 0 Å². The Balaban J connectivity index is 2.14. The first-order valence-electron chi connectivity index (χ1n) is 7.13. The van der Waals surface area contributed by atoms with Crippen molar-refractivity contribution in [1.29, 1.82) is 0 Å². The van der Waals surface area contributed by atoms with Crippen molar-refractivity contribution >= 4 is 17.3 Å². The van der Waals surface area contributed by atoms with E-state index in [0.717, 1.165) is 0 Å². The molecular weight excluding hydrogens is 296 g/mol. The fourth-order valence-electron chi connectivity index (χ4n) is 2.36. The molecule has 0 aliphatic carbocycles. The van der Waals surface area contributed by atoms with Crippen LogP contribution in [0.1, 0.15) is 24.5 Å². The molecule has 0 heterocycles. The second-order valence-electron chi connectivity index (χ2n) is 5.57. The van der Waals surface area contributed by atoms with E-state index in [1.54, 1.807) is 44.2 Å². The zero-order valence-electron chi connectivity index (χ0n) is 12.9. The maximum atomic E-state index is 12.2. The number of carbonyl (C=O) groups is 1. The Labute approximate surface area is 133 Å². The van der Waals surface area contributed by atoms with Gasteiger partial charge in [-0.2, -0.15) is 0 Å². The number of nitrogens with zero attached hydrogens (tertiary/aromatic N) is 1. The third-order valence-electron chi connectivity index (χ3n) is 3.68. The average Bonchev–Trinajstić information content (AvgIpc) is 2.49. The molecule has 0 saturated heterocycles. The van der Waals surface area contributed by atoms with E-state index in [4.69, 9.17) is 0 Å². The monoisotopic (exact) mass is 314 g/mol. The highest BCUT2D eigenvalue weighted by Gasteiger charge is 2.27. The minimum atomic E-state index is -1.32. The summed E-state index contributed by atoms with van der Waals surface area (Å²) in [5.74, 6) is -0.414. The number of rotatable bonds is 5. The van der Waals surface area contributed by atoms with Gasteiger partial charge in [0.05, 0.1) is 28.2 Å². The van der Waals surface area contributed by atoms with E-state index >= 15 is 0 Å². The number of nitro groups is 1. The van der Waals surface area contributed by atoms with Crippen LogP contribution in [0, 0.1) is 17.0 Å². The first-order valence-corrected chi connectivity index (χ1v) is 7.13. The molecule has 1 unspecified atom stereocenters. The summed E-state index contributed by atoms with van der Waals surface area (Å²) in [5.41, 5.74) is 0.00163. The van der Waals surface area contributed by atoms with Gasteiger partial charge in [0, 0.05) is 6.07 Å². The molecule has 1 amide bonds. The highest BCUT2D eigenvalue weighted by Crippen LogP contribution is 2.27. The summed E-state index contributed by atoms with van der Waals surface area (Å²) < 4.78 is 0. The van der Waals surface area contributed by atoms with Crippen molar-refractivity contribution in [2.24, 2.45) is 0 Å². The average molecular weight is 314 g/mol. The summed E-state index contributed by atoms with van der Waals surface area (Å²) in [4.78, 5) is 22.6. The predicted octanol–water partition coefficient (Wildman–Crippen LogP) is 3.14. The van der Waals surface area contributed by atoms with Crippen LogP contribution in [-0.4, -0.2) is 15.9 Å². The van der Waals surface area contributed by atoms with Crippen LogP contribution < -0.4 is 5.32 Å². The summed E-state index contributed by atoms with van der Waals surface area (Å²) in [7, 11) is 0. The van der Waals surface area contributed by atoms with Crippen LogP contribution in [0.4, 0.5) is 11.4 Å². The van der Waals surface area contributed by atoms with Crippen molar-refractivity contribution in [2.45, 2.75) is 25.9 Å². The fourth-order valence-corrected chi connectivity index (χ4v) is 2.36. The fraction of sp³-hybridized carbons (Fsp3) is 0.235. The molecule has 0 spiro atoms. The Morgan fingerprint density at radius 3 is 2.48 bits per heavy atom. The van der Waals surface area contributed by atoms with Crippen LogP contribution in [0.2, 0.25) is 0 Å². The second kappa shape index (κ2) is 6.58. The number of amides is 1. The van der Waals surface area contributed by atoms with Gasteiger partial charge in [0.1, 0.15) is 0 Å². The van der Waals surface area contributed by atoms with Gasteiger partial charge < -0.3 is 10.4 Å². The molecule has 0 aliphatic rings. The molecule has 0 aliphatic heterocycles. The van der Waals surface area contributed by atoms with Crippen LogP contribution in [0.25, 0.3) is 0 Å². The highest BCUT2D eigenvalue weighted by molar-refractivity contribution is 5.92. The largest absolute Gasteiger partial charge is 0.385 e. The molecule has 120 valence electrons. The van der Waals surface area contributed by atoms with Crippen molar-refractivity contribution in [3.8, 4) is 0 Å². The van der Waals surface area contributed by atoms with Crippen molar-refractivity contribution in [3.05, 3.63) is 69.8 Å². The molecule has 2 aromatic rings. The second-order valence-corrected chi connectivity index (χ2v) is 5.57. The first kappa shape index (κ1) is 16.6. The number of aliphatic hydroxyl groups is 1. The van der Waals surface area contributed by atoms with E-state index in [1.165, 1.54) is 12.1 Å². The number of benzene rings is 2. The number of nitrogens with one attached hydrogen (secondary N) is 1. The minimum absolute atomic E-state index is 0.0578. The maximum absolute atomic E-state index is 12.2. The summed E-state index contributed by atoms with van der Waals surface area (Å²) in [6.45, 7) is 3.13. The molecule has 0 aromatic heterocycles. The van der Waals surface area contributed by atoms with Crippen LogP contribution in [0.3, 0.4) is 0 Å². The zero-order chi connectivity index (χ0) is 17.0. The SMILES string of the molecule is Cc1c(NC(=O)CC(C)(O)c2ccccc2)cccc1[N+](=O)[O-]. The predicted molar refractivity (Wildman–Crippen MR) is 87.1 cm³/mol. The molecule has 0 fully saturated rings. The van der Waals surface area contributed by atoms with E-state index in [-0.39, 0.29) is 12.1 Å². The van der Waals surface area contributed by atoms with Crippen LogP contribution in [0.15, 0.2) is 48.5 Å². The Morgan fingerprint density at radius 2 is 1.87 bits per heavy atom. The normalized spacial score (nSPS) is 13.2. The molecule has 2 rings (SSSR count). The van der Waals surface area contributed by atoms with Crippen molar-refractivity contribution < 1.29 is 14.8 Å². The smallest absolute Gasteiger partial charge is 0.274 e. The van der Waals surface area contributed by atoms with Crippen molar-refractivity contribution in [1.82, 2.24) is 0 Å². The summed E-state index contributed by atoms with van der Waals surface area (Å²) in [6, 6.07) is 13.4. The summed E-state index contributed by atoms with van der Waals surface area (Å²) in [5, 5.41) is 24.0. The molecule has 23 heavy (non-hydrogen) atoms. The topological polar surface area (TPSA) is 92.5 Å². The van der Waals surface area contributed by atoms with E-state index in [2.05, 4.69) is 5.32 Å². The van der Waals surface area contributed by atoms with Gasteiger partial charge >= 0.3 is 0 Å². The molecule has 1 atom stereocenters. The lowest BCUT2D eigenvalue weighted by molar-refractivity contribution is -0.385. The van der Waals surface area contributed by atoms with Gasteiger partial charge in [0.25, 0.3) is 5.69 Å². The van der Waals surface area contributed by atoms with Gasteiger partial charge in [-0.15, -0.1) is 0 Å². The number of carbonyl (C=O) groups excluding carboxylic acids is 1.